The zero-order valence-electron chi connectivity index (χ0n) is 13.7. The second-order valence-corrected chi connectivity index (χ2v) is 8.14. The van der Waals surface area contributed by atoms with Gasteiger partial charge in [-0.15, -0.1) is 0 Å². The van der Waals surface area contributed by atoms with Gasteiger partial charge in [-0.1, -0.05) is 25.0 Å². The van der Waals surface area contributed by atoms with Crippen molar-refractivity contribution in [1.29, 1.82) is 0 Å². The van der Waals surface area contributed by atoms with E-state index in [4.69, 9.17) is 0 Å². The van der Waals surface area contributed by atoms with Crippen LogP contribution in [0.4, 0.5) is 0 Å². The van der Waals surface area contributed by atoms with Crippen LogP contribution in [0, 0.1) is 17.8 Å². The van der Waals surface area contributed by atoms with E-state index in [2.05, 4.69) is 43.0 Å². The van der Waals surface area contributed by atoms with Gasteiger partial charge < -0.3 is 0 Å². The molecule has 5 atom stereocenters. The van der Waals surface area contributed by atoms with Crippen LogP contribution < -0.4 is 0 Å². The molecule has 0 aromatic rings. The van der Waals surface area contributed by atoms with E-state index in [-0.39, 0.29) is 5.54 Å². The smallest absolute Gasteiger partial charge is 0.0950 e. The highest BCUT2D eigenvalue weighted by Crippen LogP contribution is 2.56. The predicted octanol–water partition coefficient (Wildman–Crippen LogP) is 4.83. The minimum absolute atomic E-state index is 0.118. The first-order valence-electron chi connectivity index (χ1n) is 8.72. The monoisotopic (exact) mass is 277 g/mol. The molecule has 3 rings (SSSR count). The first-order chi connectivity index (χ1) is 9.52. The number of unbranched alkanes of at least 4 members (excludes halogenated alkanes) is 1. The first kappa shape index (κ1) is 14.3. The summed E-state index contributed by atoms with van der Waals surface area (Å²) in [4.78, 5) is 0. The molecule has 114 valence electrons. The summed E-state index contributed by atoms with van der Waals surface area (Å²) in [6.07, 6.45) is 9.65. The number of hydrogen-bond donors (Lipinski definition) is 0. The molecule has 3 nitrogen and oxygen atoms in total. The van der Waals surface area contributed by atoms with Gasteiger partial charge in [0.05, 0.1) is 17.6 Å². The molecule has 1 aliphatic heterocycles. The van der Waals surface area contributed by atoms with Gasteiger partial charge in [0.15, 0.2) is 0 Å². The van der Waals surface area contributed by atoms with Crippen molar-refractivity contribution in [2.75, 3.05) is 0 Å². The van der Waals surface area contributed by atoms with E-state index < -0.39 is 0 Å². The zero-order chi connectivity index (χ0) is 14.3. The van der Waals surface area contributed by atoms with E-state index >= 15 is 0 Å². The Balaban J connectivity index is 1.61. The Hall–Kier alpha value is -0.600. The van der Waals surface area contributed by atoms with Crippen LogP contribution in [0.3, 0.4) is 0 Å². The third-order valence-corrected chi connectivity index (χ3v) is 5.73. The molecule has 0 saturated heterocycles. The van der Waals surface area contributed by atoms with Crippen molar-refractivity contribution in [1.82, 2.24) is 5.01 Å². The highest BCUT2D eigenvalue weighted by Gasteiger charge is 2.51. The summed E-state index contributed by atoms with van der Waals surface area (Å²) in [7, 11) is 0. The molecule has 2 aliphatic carbocycles. The number of nitrogens with zero attached hydrogens (tertiary/aromatic N) is 3. The quantitative estimate of drug-likeness (QED) is 0.726. The minimum atomic E-state index is 0.118. The molecule has 0 spiro atoms. The predicted molar refractivity (Wildman–Crippen MR) is 82.5 cm³/mol. The van der Waals surface area contributed by atoms with Gasteiger partial charge in [0, 0.05) is 0 Å². The van der Waals surface area contributed by atoms with Crippen molar-refractivity contribution in [2.24, 2.45) is 28.1 Å². The maximum absolute atomic E-state index is 4.60. The molecule has 0 N–H and O–H groups in total. The Morgan fingerprint density at radius 1 is 1.05 bits per heavy atom. The molecule has 1 heterocycles. The lowest BCUT2D eigenvalue weighted by Gasteiger charge is -2.36. The van der Waals surface area contributed by atoms with Crippen LogP contribution in [-0.2, 0) is 0 Å². The Bertz CT molecular complexity index is 371. The fourth-order valence-electron chi connectivity index (χ4n) is 4.60. The van der Waals surface area contributed by atoms with Gasteiger partial charge in [-0.2, -0.15) is 5.11 Å². The van der Waals surface area contributed by atoms with Crippen LogP contribution in [-0.4, -0.2) is 22.6 Å². The normalized spacial score (nSPS) is 40.0. The van der Waals surface area contributed by atoms with E-state index in [9.17, 15) is 0 Å². The largest absolute Gasteiger partial charge is 0.268 e. The summed E-state index contributed by atoms with van der Waals surface area (Å²) in [5.74, 6) is 3.11. The standard InChI is InChI=1S/C17H31N3/c1-5-6-7-12-13-8-10-15-16(11-9-14(12)13)20(19-18-15)17(2,3)4/h12-16H,5-11H2,1-4H3/t12-,13?,14?,15?,16?/m1/s1. The van der Waals surface area contributed by atoms with E-state index in [1.54, 1.807) is 0 Å². The van der Waals surface area contributed by atoms with Crippen molar-refractivity contribution in [3.63, 3.8) is 0 Å². The second kappa shape index (κ2) is 5.31. The van der Waals surface area contributed by atoms with Crippen LogP contribution in [0.2, 0.25) is 0 Å². The molecule has 20 heavy (non-hydrogen) atoms. The Morgan fingerprint density at radius 2 is 1.75 bits per heavy atom. The molecule has 2 fully saturated rings. The van der Waals surface area contributed by atoms with Crippen LogP contribution in [0.5, 0.6) is 0 Å². The van der Waals surface area contributed by atoms with Gasteiger partial charge in [0.2, 0.25) is 0 Å². The maximum Gasteiger partial charge on any atom is 0.0950 e. The lowest BCUT2D eigenvalue weighted by atomic mass is 9.91. The molecule has 3 aliphatic rings. The molecular formula is C17H31N3. The Labute approximate surface area is 124 Å². The van der Waals surface area contributed by atoms with Crippen LogP contribution >= 0.6 is 0 Å². The van der Waals surface area contributed by atoms with Crippen molar-refractivity contribution in [3.8, 4) is 0 Å². The van der Waals surface area contributed by atoms with E-state index in [0.29, 0.717) is 12.1 Å². The van der Waals surface area contributed by atoms with Gasteiger partial charge in [-0.05, 0) is 70.6 Å². The summed E-state index contributed by atoms with van der Waals surface area (Å²) >= 11 is 0. The van der Waals surface area contributed by atoms with Crippen LogP contribution in [0.1, 0.15) is 72.6 Å². The second-order valence-electron chi connectivity index (χ2n) is 8.14. The average Bonchev–Trinajstić information content (AvgIpc) is 2.82. The lowest BCUT2D eigenvalue weighted by molar-refractivity contribution is 0.0862. The molecule has 0 bridgehead atoms. The summed E-state index contributed by atoms with van der Waals surface area (Å²) in [5, 5.41) is 11.4. The van der Waals surface area contributed by atoms with Crippen molar-refractivity contribution >= 4 is 0 Å². The van der Waals surface area contributed by atoms with Crippen molar-refractivity contribution in [3.05, 3.63) is 0 Å². The molecule has 4 unspecified atom stereocenters. The molecular weight excluding hydrogens is 246 g/mol. The topological polar surface area (TPSA) is 28.0 Å². The van der Waals surface area contributed by atoms with E-state index in [1.165, 1.54) is 44.9 Å². The van der Waals surface area contributed by atoms with E-state index in [1.807, 2.05) is 0 Å². The third-order valence-electron chi connectivity index (χ3n) is 5.73. The van der Waals surface area contributed by atoms with Crippen molar-refractivity contribution < 1.29 is 0 Å². The fourth-order valence-corrected chi connectivity index (χ4v) is 4.60. The third kappa shape index (κ3) is 2.60. The minimum Gasteiger partial charge on any atom is -0.268 e. The highest BCUT2D eigenvalue weighted by molar-refractivity contribution is 5.02. The summed E-state index contributed by atoms with van der Waals surface area (Å²) in [6.45, 7) is 9.10. The number of hydrogen-bond acceptors (Lipinski definition) is 3. The van der Waals surface area contributed by atoms with Gasteiger partial charge >= 0.3 is 0 Å². The van der Waals surface area contributed by atoms with Gasteiger partial charge in [0.1, 0.15) is 0 Å². The summed E-state index contributed by atoms with van der Waals surface area (Å²) in [5.41, 5.74) is 0.118. The maximum atomic E-state index is 4.60. The molecule has 0 aromatic carbocycles. The van der Waals surface area contributed by atoms with Gasteiger partial charge in [0.25, 0.3) is 0 Å². The molecule has 2 saturated carbocycles. The van der Waals surface area contributed by atoms with Crippen LogP contribution in [0.15, 0.2) is 10.3 Å². The lowest BCUT2D eigenvalue weighted by Crippen LogP contribution is -2.46. The van der Waals surface area contributed by atoms with Crippen molar-refractivity contribution in [2.45, 2.75) is 90.3 Å². The molecule has 0 amide bonds. The summed E-state index contributed by atoms with van der Waals surface area (Å²) in [6, 6.07) is 1.05. The average molecular weight is 277 g/mol. The summed E-state index contributed by atoms with van der Waals surface area (Å²) < 4.78 is 0. The Kier molecular flexibility index (Phi) is 3.81. The molecule has 0 aromatic heterocycles. The molecule has 0 radical (unpaired) electrons. The zero-order valence-corrected chi connectivity index (χ0v) is 13.7. The first-order valence-corrected chi connectivity index (χ1v) is 8.72. The SMILES string of the molecule is CCCC[C@@H]1C2CCC3N=NN(C(C)(C)C)C3CCC21. The highest BCUT2D eigenvalue weighted by atomic mass is 15.6. The Morgan fingerprint density at radius 3 is 2.40 bits per heavy atom. The number of rotatable bonds is 3. The van der Waals surface area contributed by atoms with Crippen LogP contribution in [0.25, 0.3) is 0 Å². The number of fused-ring (bicyclic) bond motifs is 2. The fraction of sp³-hybridized carbons (Fsp3) is 1.00. The van der Waals surface area contributed by atoms with Gasteiger partial charge in [-0.3, -0.25) is 5.01 Å². The van der Waals surface area contributed by atoms with E-state index in [0.717, 1.165) is 17.8 Å². The molecule has 3 heteroatoms. The van der Waals surface area contributed by atoms with Gasteiger partial charge in [-0.25, -0.2) is 0 Å².